The number of nitrogens with zero attached hydrogens (tertiary/aromatic N) is 2. The summed E-state index contributed by atoms with van der Waals surface area (Å²) in [7, 11) is 1.50. The van der Waals surface area contributed by atoms with Crippen LogP contribution >= 0.6 is 11.3 Å². The smallest absolute Gasteiger partial charge is 0.338 e. The number of carbonyl (C=O) groups is 2. The van der Waals surface area contributed by atoms with Gasteiger partial charge in [-0.1, -0.05) is 23.5 Å². The van der Waals surface area contributed by atoms with Gasteiger partial charge >= 0.3 is 5.97 Å². The van der Waals surface area contributed by atoms with Crippen molar-refractivity contribution in [2.45, 2.75) is 26.9 Å². The van der Waals surface area contributed by atoms with E-state index in [4.69, 9.17) is 14.2 Å². The first-order chi connectivity index (χ1) is 14.4. The third-order valence-corrected chi connectivity index (χ3v) is 5.28. The molecule has 0 unspecified atom stereocenters. The number of carbonyl (C=O) groups excluding carboxylic acids is 2. The largest absolute Gasteiger partial charge is 0.493 e. The van der Waals surface area contributed by atoms with E-state index in [1.807, 2.05) is 45.0 Å². The molecule has 0 atom stereocenters. The maximum absolute atomic E-state index is 12.7. The molecule has 0 radical (unpaired) electrons. The summed E-state index contributed by atoms with van der Waals surface area (Å²) in [6.45, 7) is 5.70. The lowest BCUT2D eigenvalue weighted by atomic mass is 10.2. The summed E-state index contributed by atoms with van der Waals surface area (Å²) in [5.74, 6) is 0.0111. The highest BCUT2D eigenvalue weighted by Crippen LogP contribution is 2.30. The van der Waals surface area contributed by atoms with Crippen molar-refractivity contribution >= 4 is 38.6 Å². The number of amides is 1. The molecule has 0 aliphatic carbocycles. The molecule has 3 aromatic rings. The lowest BCUT2D eigenvalue weighted by molar-refractivity contribution is -0.121. The molecule has 30 heavy (non-hydrogen) atoms. The van der Waals surface area contributed by atoms with E-state index in [1.54, 1.807) is 12.1 Å². The van der Waals surface area contributed by atoms with Crippen molar-refractivity contribution in [2.24, 2.45) is 0 Å². The standard InChI is InChI=1S/C22H24N2O5S/c1-5-24(22-23-16-8-6-7-9-19(16)30-22)20(25)13-28-21(26)15-10-11-17(29-14(2)3)18(12-15)27-4/h6-12,14H,5,13H2,1-4H3. The van der Waals surface area contributed by atoms with E-state index in [9.17, 15) is 9.59 Å². The Kier molecular flexibility index (Phi) is 6.89. The normalized spacial score (nSPS) is 10.8. The molecule has 0 aliphatic rings. The number of rotatable bonds is 8. The second kappa shape index (κ2) is 9.58. The molecule has 0 N–H and O–H groups in total. The number of methoxy groups -OCH3 is 1. The Bertz CT molecular complexity index is 1010. The summed E-state index contributed by atoms with van der Waals surface area (Å²) in [6.07, 6.45) is -0.0307. The van der Waals surface area contributed by atoms with Gasteiger partial charge in [0.25, 0.3) is 5.91 Å². The number of hydrogen-bond donors (Lipinski definition) is 0. The summed E-state index contributed by atoms with van der Waals surface area (Å²) >= 11 is 1.42. The first kappa shape index (κ1) is 21.6. The molecule has 0 bridgehead atoms. The third kappa shape index (κ3) is 4.88. The van der Waals surface area contributed by atoms with Gasteiger partial charge in [-0.05, 0) is 51.1 Å². The van der Waals surface area contributed by atoms with Crippen LogP contribution in [0.3, 0.4) is 0 Å². The Morgan fingerprint density at radius 3 is 2.57 bits per heavy atom. The number of aromatic nitrogens is 1. The number of benzene rings is 2. The van der Waals surface area contributed by atoms with E-state index < -0.39 is 5.97 Å². The van der Waals surface area contributed by atoms with Gasteiger partial charge in [-0.15, -0.1) is 0 Å². The van der Waals surface area contributed by atoms with Crippen LogP contribution in [0.5, 0.6) is 11.5 Å². The molecule has 0 spiro atoms. The topological polar surface area (TPSA) is 78.0 Å². The van der Waals surface area contributed by atoms with Crippen LogP contribution in [-0.4, -0.2) is 43.2 Å². The number of likely N-dealkylation sites (N-methyl/N-ethyl adjacent to an activating group) is 1. The van der Waals surface area contributed by atoms with Crippen LogP contribution in [0, 0.1) is 0 Å². The summed E-state index contributed by atoms with van der Waals surface area (Å²) in [5, 5.41) is 0.580. The molecule has 7 nitrogen and oxygen atoms in total. The predicted octanol–water partition coefficient (Wildman–Crippen LogP) is 4.30. The van der Waals surface area contributed by atoms with Crippen molar-refractivity contribution in [1.29, 1.82) is 0 Å². The first-order valence-corrected chi connectivity index (χ1v) is 10.4. The number of esters is 1. The molecule has 2 aromatic carbocycles. The number of hydrogen-bond acceptors (Lipinski definition) is 7. The van der Waals surface area contributed by atoms with Gasteiger partial charge in [0.05, 0.1) is 29.0 Å². The number of thiazole rings is 1. The molecule has 1 aromatic heterocycles. The second-order valence-corrected chi connectivity index (χ2v) is 7.72. The third-order valence-electron chi connectivity index (χ3n) is 4.22. The monoisotopic (exact) mass is 428 g/mol. The molecular weight excluding hydrogens is 404 g/mol. The van der Waals surface area contributed by atoms with Crippen LogP contribution in [0.4, 0.5) is 5.13 Å². The lowest BCUT2D eigenvalue weighted by Gasteiger charge is -2.17. The molecule has 1 heterocycles. The minimum atomic E-state index is -0.613. The second-order valence-electron chi connectivity index (χ2n) is 6.71. The van der Waals surface area contributed by atoms with Crippen molar-refractivity contribution in [2.75, 3.05) is 25.2 Å². The SMILES string of the molecule is CCN(C(=O)COC(=O)c1ccc(OC(C)C)c(OC)c1)c1nc2ccccc2s1. The number of ether oxygens (including phenoxy) is 3. The van der Waals surface area contributed by atoms with Crippen molar-refractivity contribution in [3.8, 4) is 11.5 Å². The Hall–Kier alpha value is -3.13. The van der Waals surface area contributed by atoms with Gasteiger partial charge in [-0.3, -0.25) is 9.69 Å². The Morgan fingerprint density at radius 2 is 1.90 bits per heavy atom. The van der Waals surface area contributed by atoms with Gasteiger partial charge in [0.1, 0.15) is 0 Å². The molecule has 8 heteroatoms. The highest BCUT2D eigenvalue weighted by molar-refractivity contribution is 7.22. The Morgan fingerprint density at radius 1 is 1.13 bits per heavy atom. The maximum atomic E-state index is 12.7. The lowest BCUT2D eigenvalue weighted by Crippen LogP contribution is -2.34. The Labute approximate surface area is 179 Å². The van der Waals surface area contributed by atoms with Gasteiger partial charge < -0.3 is 14.2 Å². The zero-order valence-electron chi connectivity index (χ0n) is 17.4. The quantitative estimate of drug-likeness (QED) is 0.498. The maximum Gasteiger partial charge on any atom is 0.338 e. The number of anilines is 1. The van der Waals surface area contributed by atoms with E-state index in [2.05, 4.69) is 4.98 Å². The van der Waals surface area contributed by atoms with Crippen LogP contribution in [0.1, 0.15) is 31.1 Å². The van der Waals surface area contributed by atoms with Gasteiger partial charge in [-0.25, -0.2) is 9.78 Å². The van der Waals surface area contributed by atoms with Crippen molar-refractivity contribution in [1.82, 2.24) is 4.98 Å². The van der Waals surface area contributed by atoms with E-state index in [1.165, 1.54) is 29.4 Å². The molecule has 0 aliphatic heterocycles. The highest BCUT2D eigenvalue weighted by Gasteiger charge is 2.21. The van der Waals surface area contributed by atoms with E-state index in [0.29, 0.717) is 23.2 Å². The van der Waals surface area contributed by atoms with Crippen LogP contribution in [0.2, 0.25) is 0 Å². The fourth-order valence-electron chi connectivity index (χ4n) is 2.83. The van der Waals surface area contributed by atoms with Crippen LogP contribution in [-0.2, 0) is 9.53 Å². The van der Waals surface area contributed by atoms with Gasteiger partial charge in [0.2, 0.25) is 0 Å². The summed E-state index contributed by atoms with van der Waals surface area (Å²) in [5.41, 5.74) is 1.11. The summed E-state index contributed by atoms with van der Waals surface area (Å²) < 4.78 is 17.2. The van der Waals surface area contributed by atoms with Crippen molar-refractivity contribution in [3.63, 3.8) is 0 Å². The molecular formula is C22H24N2O5S. The molecule has 158 valence electrons. The van der Waals surface area contributed by atoms with Crippen molar-refractivity contribution in [3.05, 3.63) is 48.0 Å². The van der Waals surface area contributed by atoms with Crippen molar-refractivity contribution < 1.29 is 23.8 Å². The summed E-state index contributed by atoms with van der Waals surface area (Å²) in [4.78, 5) is 31.1. The fourth-order valence-corrected chi connectivity index (χ4v) is 3.87. The molecule has 3 rings (SSSR count). The Balaban J connectivity index is 1.67. The summed E-state index contributed by atoms with van der Waals surface area (Å²) in [6, 6.07) is 12.4. The first-order valence-electron chi connectivity index (χ1n) is 9.60. The highest BCUT2D eigenvalue weighted by atomic mass is 32.1. The van der Waals surface area contributed by atoms with Gasteiger partial charge in [-0.2, -0.15) is 0 Å². The molecule has 0 saturated heterocycles. The minimum Gasteiger partial charge on any atom is -0.493 e. The predicted molar refractivity (Wildman–Crippen MR) is 117 cm³/mol. The number of fused-ring (bicyclic) bond motifs is 1. The van der Waals surface area contributed by atoms with E-state index in [-0.39, 0.29) is 24.2 Å². The van der Waals surface area contributed by atoms with Crippen LogP contribution in [0.15, 0.2) is 42.5 Å². The molecule has 0 saturated carbocycles. The zero-order valence-corrected chi connectivity index (χ0v) is 18.2. The molecule has 1 amide bonds. The minimum absolute atomic E-state index is 0.0307. The zero-order chi connectivity index (χ0) is 21.7. The van der Waals surface area contributed by atoms with Crippen LogP contribution < -0.4 is 14.4 Å². The van der Waals surface area contributed by atoms with Gasteiger partial charge in [0.15, 0.2) is 23.2 Å². The average Bonchev–Trinajstić information content (AvgIpc) is 3.16. The molecule has 0 fully saturated rings. The van der Waals surface area contributed by atoms with E-state index >= 15 is 0 Å². The van der Waals surface area contributed by atoms with Crippen LogP contribution in [0.25, 0.3) is 10.2 Å². The average molecular weight is 429 g/mol. The number of para-hydroxylation sites is 1. The fraction of sp³-hybridized carbons (Fsp3) is 0.318. The van der Waals surface area contributed by atoms with E-state index in [0.717, 1.165) is 10.2 Å². The van der Waals surface area contributed by atoms with Gasteiger partial charge in [0, 0.05) is 6.54 Å².